The van der Waals surface area contributed by atoms with Crippen molar-refractivity contribution in [3.8, 4) is 0 Å². The van der Waals surface area contributed by atoms with Crippen LogP contribution in [0.25, 0.3) is 0 Å². The Labute approximate surface area is 148 Å². The van der Waals surface area contributed by atoms with E-state index >= 15 is 0 Å². The average Bonchev–Trinajstić information content (AvgIpc) is 2.96. The zero-order valence-corrected chi connectivity index (χ0v) is 16.6. The lowest BCUT2D eigenvalue weighted by Gasteiger charge is -2.40. The number of aliphatic hydroxyl groups excluding tert-OH is 1. The number of nitrogens with zero attached hydrogens (tertiary/aromatic N) is 2. The molecule has 0 radical (unpaired) electrons. The van der Waals surface area contributed by atoms with Gasteiger partial charge in [0.15, 0.2) is 0 Å². The molecular formula is C17H28N2O5Si. The Kier molecular flexibility index (Phi) is 6.18. The van der Waals surface area contributed by atoms with Crippen molar-refractivity contribution in [2.24, 2.45) is 5.92 Å². The first-order valence-electron chi connectivity index (χ1n) is 8.92. The van der Waals surface area contributed by atoms with Crippen LogP contribution in [-0.2, 0) is 14.9 Å². The predicted octanol–water partition coefficient (Wildman–Crippen LogP) is 0.623. The van der Waals surface area contributed by atoms with Gasteiger partial charge in [0.1, 0.15) is 5.35 Å². The largest absolute Gasteiger partial charge is 0.394 e. The first kappa shape index (κ1) is 19.8. The van der Waals surface area contributed by atoms with E-state index in [2.05, 4.69) is 20.0 Å². The maximum atomic E-state index is 12.9. The van der Waals surface area contributed by atoms with Crippen LogP contribution in [0.15, 0.2) is 15.8 Å². The Morgan fingerprint density at radius 1 is 1.44 bits per heavy atom. The van der Waals surface area contributed by atoms with Crippen LogP contribution >= 0.6 is 0 Å². The van der Waals surface area contributed by atoms with Gasteiger partial charge in [-0.3, -0.25) is 14.2 Å². The van der Waals surface area contributed by atoms with Gasteiger partial charge in [0.05, 0.1) is 21.5 Å². The van der Waals surface area contributed by atoms with Gasteiger partial charge in [-0.2, -0.15) is 4.57 Å². The Morgan fingerprint density at radius 3 is 2.64 bits per heavy atom. The molecule has 0 aliphatic carbocycles. The minimum Gasteiger partial charge on any atom is -0.394 e. The van der Waals surface area contributed by atoms with Gasteiger partial charge < -0.3 is 9.84 Å². The molecule has 1 aromatic heterocycles. The molecule has 1 aromatic rings. The quantitative estimate of drug-likeness (QED) is 0.563. The van der Waals surface area contributed by atoms with Crippen molar-refractivity contribution in [2.45, 2.75) is 64.1 Å². The Morgan fingerprint density at radius 2 is 2.12 bits per heavy atom. The highest BCUT2D eigenvalue weighted by Crippen LogP contribution is 2.44. The molecule has 0 spiro atoms. The molecule has 25 heavy (non-hydrogen) atoms. The van der Waals surface area contributed by atoms with Crippen molar-refractivity contribution in [2.75, 3.05) is 6.61 Å². The van der Waals surface area contributed by atoms with Crippen LogP contribution < -0.4 is 11.2 Å². The number of aromatic nitrogens is 2. The minimum atomic E-state index is -1.64. The molecule has 1 N–H and O–H groups in total. The molecule has 1 unspecified atom stereocenters. The first-order chi connectivity index (χ1) is 11.8. The third-order valence-electron chi connectivity index (χ3n) is 5.20. The molecule has 1 fully saturated rings. The van der Waals surface area contributed by atoms with Gasteiger partial charge >= 0.3 is 5.69 Å². The number of ether oxygens (including phenoxy) is 1. The third kappa shape index (κ3) is 3.30. The van der Waals surface area contributed by atoms with Crippen molar-refractivity contribution in [1.29, 1.82) is 0 Å². The fourth-order valence-electron chi connectivity index (χ4n) is 3.96. The van der Waals surface area contributed by atoms with Crippen molar-refractivity contribution in [3.05, 3.63) is 32.6 Å². The lowest BCUT2D eigenvalue weighted by Crippen LogP contribution is -2.57. The van der Waals surface area contributed by atoms with Crippen LogP contribution in [0, 0.1) is 12.8 Å². The van der Waals surface area contributed by atoms with Crippen LogP contribution in [-0.4, -0.2) is 42.2 Å². The summed E-state index contributed by atoms with van der Waals surface area (Å²) < 4.78 is 8.35. The molecule has 8 heteroatoms. The van der Waals surface area contributed by atoms with Crippen molar-refractivity contribution in [1.82, 2.24) is 9.13 Å². The Hall–Kier alpha value is -1.51. The summed E-state index contributed by atoms with van der Waals surface area (Å²) in [6.45, 7) is 7.78. The maximum Gasteiger partial charge on any atom is 0.339 e. The van der Waals surface area contributed by atoms with Crippen molar-refractivity contribution in [3.63, 3.8) is 0 Å². The summed E-state index contributed by atoms with van der Waals surface area (Å²) in [6, 6.07) is 0. The normalized spacial score (nSPS) is 26.3. The third-order valence-corrected chi connectivity index (χ3v) is 7.74. The molecule has 0 amide bonds. The lowest BCUT2D eigenvalue weighted by molar-refractivity contribution is -0.0762. The van der Waals surface area contributed by atoms with Gasteiger partial charge in [-0.05, 0) is 19.8 Å². The highest BCUT2D eigenvalue weighted by atomic mass is 28.3. The van der Waals surface area contributed by atoms with Crippen LogP contribution in [0.1, 0.15) is 38.2 Å². The molecule has 0 saturated carbocycles. The van der Waals surface area contributed by atoms with Crippen molar-refractivity contribution < 1.29 is 14.6 Å². The summed E-state index contributed by atoms with van der Waals surface area (Å²) in [6.07, 6.45) is 5.03. The van der Waals surface area contributed by atoms with E-state index in [0.29, 0.717) is 16.6 Å². The van der Waals surface area contributed by atoms with Crippen LogP contribution in [0.4, 0.5) is 0 Å². The number of unbranched alkanes of at least 4 members (excludes halogenated alkanes) is 1. The van der Waals surface area contributed by atoms with E-state index in [4.69, 9.17) is 4.74 Å². The number of aliphatic hydroxyl groups is 1. The van der Waals surface area contributed by atoms with Crippen molar-refractivity contribution >= 4 is 15.2 Å². The molecule has 7 nitrogen and oxygen atoms in total. The molecule has 3 atom stereocenters. The van der Waals surface area contributed by atoms with Gasteiger partial charge in [0.25, 0.3) is 5.56 Å². The highest BCUT2D eigenvalue weighted by Gasteiger charge is 2.52. The molecule has 1 saturated heterocycles. The van der Waals surface area contributed by atoms with Gasteiger partial charge in [-0.15, -0.1) is 0 Å². The number of carbonyl (C=O) groups is 1. The zero-order chi connectivity index (χ0) is 18.8. The molecular weight excluding hydrogens is 340 g/mol. The lowest BCUT2D eigenvalue weighted by atomic mass is 9.96. The fraction of sp³-hybridized carbons (Fsp3) is 0.706. The summed E-state index contributed by atoms with van der Waals surface area (Å²) in [5, 5.41) is 8.79. The topological polar surface area (TPSA) is 90.5 Å². The first-order valence-corrected chi connectivity index (χ1v) is 11.8. The molecule has 0 aromatic carbocycles. The summed E-state index contributed by atoms with van der Waals surface area (Å²) in [5.74, 6) is 0.0750. The highest BCUT2D eigenvalue weighted by molar-refractivity contribution is 6.58. The Balaban J connectivity index is 2.71. The number of carbonyl (C=O) groups excluding carboxylic acids is 1. The van der Waals surface area contributed by atoms with Crippen LogP contribution in [0.3, 0.4) is 0 Å². The van der Waals surface area contributed by atoms with E-state index in [9.17, 15) is 19.5 Å². The zero-order valence-electron chi connectivity index (χ0n) is 15.4. The van der Waals surface area contributed by atoms with E-state index in [1.165, 1.54) is 10.8 Å². The number of aryl methyl sites for hydroxylation is 1. The molecule has 1 aliphatic rings. The number of hydrogen-bond donors (Lipinski definition) is 1. The van der Waals surface area contributed by atoms with E-state index < -0.39 is 25.4 Å². The van der Waals surface area contributed by atoms with Gasteiger partial charge in [-0.1, -0.05) is 32.9 Å². The average molecular weight is 369 g/mol. The second kappa shape index (κ2) is 7.80. The molecule has 0 bridgehead atoms. The van der Waals surface area contributed by atoms with Gasteiger partial charge in [0.2, 0.25) is 6.41 Å². The van der Waals surface area contributed by atoms with Crippen LogP contribution in [0.5, 0.6) is 0 Å². The van der Waals surface area contributed by atoms with E-state index in [1.54, 1.807) is 6.92 Å². The standard InChI is InChI=1S/C17H28N2O5Si/c1-5-6-7-13-8-14(10-20)24-17(13,25(3)4)19-9-12(2)15(22)18(11-21)16(19)23/h9,11,13-14,20,25H,5-8,10H2,1-4H3/t13?,14-,17-/m0/s1. The number of hydrogen-bond acceptors (Lipinski definition) is 5. The summed E-state index contributed by atoms with van der Waals surface area (Å²) in [5.41, 5.74) is -0.934. The maximum absolute atomic E-state index is 12.9. The second-order valence-electron chi connectivity index (χ2n) is 7.15. The SMILES string of the molecule is CCCCC1C[C@@H](CO)O[C@]1(n1cc(C)c(=O)n(C=O)c1=O)[SiH](C)C. The summed E-state index contributed by atoms with van der Waals surface area (Å²) >= 11 is 0. The fourth-order valence-corrected chi connectivity index (χ4v) is 6.42. The number of rotatable bonds is 7. The second-order valence-corrected chi connectivity index (χ2v) is 10.3. The van der Waals surface area contributed by atoms with E-state index in [-0.39, 0.29) is 25.0 Å². The molecule has 2 heterocycles. The minimum absolute atomic E-state index is 0.0750. The smallest absolute Gasteiger partial charge is 0.339 e. The Bertz CT molecular complexity index is 742. The molecule has 1 aliphatic heterocycles. The molecule has 140 valence electrons. The summed E-state index contributed by atoms with van der Waals surface area (Å²) in [7, 11) is -1.64. The monoisotopic (exact) mass is 368 g/mol. The van der Waals surface area contributed by atoms with E-state index in [1.807, 2.05) is 0 Å². The predicted molar refractivity (Wildman–Crippen MR) is 98.3 cm³/mol. The van der Waals surface area contributed by atoms with Gasteiger partial charge in [-0.25, -0.2) is 4.79 Å². The molecule has 2 rings (SSSR count). The summed E-state index contributed by atoms with van der Waals surface area (Å²) in [4.78, 5) is 36.2. The van der Waals surface area contributed by atoms with Gasteiger partial charge in [0, 0.05) is 17.7 Å². The van der Waals surface area contributed by atoms with E-state index in [0.717, 1.165) is 19.3 Å². The van der Waals surface area contributed by atoms with Crippen LogP contribution in [0.2, 0.25) is 13.1 Å².